The van der Waals surface area contributed by atoms with Gasteiger partial charge in [-0.25, -0.2) is 4.39 Å². The summed E-state index contributed by atoms with van der Waals surface area (Å²) in [6, 6.07) is 6.49. The molecule has 2 aliphatic carbocycles. The first-order valence-electron chi connectivity index (χ1n) is 10.3. The van der Waals surface area contributed by atoms with Crippen LogP contribution in [-0.2, 0) is 20.8 Å². The topological polar surface area (TPSA) is 50.9 Å². The van der Waals surface area contributed by atoms with E-state index >= 15 is 0 Å². The average molecular weight is 373 g/mol. The molecule has 6 atom stereocenters. The van der Waals surface area contributed by atoms with Crippen LogP contribution in [-0.4, -0.2) is 30.8 Å². The number of rotatable bonds is 4. The Morgan fingerprint density at radius 3 is 2.78 bits per heavy atom. The van der Waals surface area contributed by atoms with Crippen molar-refractivity contribution in [3.63, 3.8) is 0 Å². The molecular formula is C22H28FNO3. The van der Waals surface area contributed by atoms with Gasteiger partial charge >= 0.3 is 5.97 Å². The quantitative estimate of drug-likeness (QED) is 0.649. The zero-order valence-electron chi connectivity index (χ0n) is 15.9. The molecule has 146 valence electrons. The van der Waals surface area contributed by atoms with Crippen LogP contribution in [0.1, 0.15) is 44.6 Å². The number of hydrogen-bond donors (Lipinski definition) is 1. The van der Waals surface area contributed by atoms with Gasteiger partial charge in [0.15, 0.2) is 0 Å². The summed E-state index contributed by atoms with van der Waals surface area (Å²) in [5, 5.41) is 3.39. The number of fused-ring (bicyclic) bond motifs is 3. The maximum absolute atomic E-state index is 13.0. The van der Waals surface area contributed by atoms with E-state index in [1.165, 1.54) is 31.4 Å². The molecule has 0 radical (unpaired) electrons. The van der Waals surface area contributed by atoms with E-state index < -0.39 is 0 Å². The van der Waals surface area contributed by atoms with E-state index in [2.05, 4.69) is 12.2 Å². The maximum atomic E-state index is 13.0. The van der Waals surface area contributed by atoms with Crippen LogP contribution >= 0.6 is 0 Å². The van der Waals surface area contributed by atoms with Crippen molar-refractivity contribution in [3.8, 4) is 0 Å². The molecular weight excluding hydrogens is 345 g/mol. The minimum atomic E-state index is -0.227. The molecule has 3 unspecified atom stereocenters. The molecule has 0 amide bonds. The van der Waals surface area contributed by atoms with Crippen LogP contribution in [0.2, 0.25) is 0 Å². The number of epoxide rings is 1. The Balaban J connectivity index is 1.26. The monoisotopic (exact) mass is 373 g/mol. The van der Waals surface area contributed by atoms with Crippen molar-refractivity contribution in [3.05, 3.63) is 35.6 Å². The molecule has 4 nitrogen and oxygen atoms in total. The van der Waals surface area contributed by atoms with E-state index in [-0.39, 0.29) is 40.7 Å². The van der Waals surface area contributed by atoms with Crippen molar-refractivity contribution < 1.29 is 18.7 Å². The first-order chi connectivity index (χ1) is 13.0. The second-order valence-corrected chi connectivity index (χ2v) is 9.36. The Morgan fingerprint density at radius 1 is 1.26 bits per heavy atom. The summed E-state index contributed by atoms with van der Waals surface area (Å²) in [7, 11) is 0. The summed E-state index contributed by atoms with van der Waals surface area (Å²) in [5.41, 5.74) is 1.36. The second-order valence-electron chi connectivity index (χ2n) is 9.36. The molecule has 5 heteroatoms. The van der Waals surface area contributed by atoms with Gasteiger partial charge in [0.05, 0.1) is 18.1 Å². The second kappa shape index (κ2) is 6.28. The van der Waals surface area contributed by atoms with Crippen molar-refractivity contribution in [1.29, 1.82) is 0 Å². The Morgan fingerprint density at radius 2 is 2.04 bits per heavy atom. The fourth-order valence-corrected chi connectivity index (χ4v) is 6.16. The molecule has 1 spiro atoms. The van der Waals surface area contributed by atoms with Gasteiger partial charge < -0.3 is 14.8 Å². The summed E-state index contributed by atoms with van der Waals surface area (Å²) < 4.78 is 24.8. The van der Waals surface area contributed by atoms with Gasteiger partial charge in [-0.2, -0.15) is 0 Å². The summed E-state index contributed by atoms with van der Waals surface area (Å²) in [5.74, 6) is 0.474. The number of esters is 1. The molecule has 2 aliphatic heterocycles. The van der Waals surface area contributed by atoms with Crippen LogP contribution in [0, 0.1) is 29.0 Å². The van der Waals surface area contributed by atoms with Crippen LogP contribution in [0.25, 0.3) is 0 Å². The van der Waals surface area contributed by atoms with Crippen LogP contribution in [0.3, 0.4) is 0 Å². The molecule has 0 bridgehead atoms. The molecule has 2 saturated carbocycles. The van der Waals surface area contributed by atoms with E-state index in [1.54, 1.807) is 12.1 Å². The minimum absolute atomic E-state index is 0.0513. The first kappa shape index (κ1) is 17.6. The lowest BCUT2D eigenvalue weighted by Gasteiger charge is -2.51. The SMILES string of the molecule is C[C@]12CCCC3(CO3)C1C[C@@H]1C(CNCc3ccc(F)cc3)C(=O)O[C@@H]1C2. The maximum Gasteiger partial charge on any atom is 0.310 e. The highest BCUT2D eigenvalue weighted by atomic mass is 19.1. The van der Waals surface area contributed by atoms with Gasteiger partial charge in [0.2, 0.25) is 0 Å². The highest BCUT2D eigenvalue weighted by Gasteiger charge is 2.64. The third-order valence-corrected chi connectivity index (χ3v) is 7.69. The Hall–Kier alpha value is -1.46. The molecule has 27 heavy (non-hydrogen) atoms. The van der Waals surface area contributed by atoms with E-state index in [1.807, 2.05) is 0 Å². The van der Waals surface area contributed by atoms with E-state index in [9.17, 15) is 9.18 Å². The summed E-state index contributed by atoms with van der Waals surface area (Å²) in [4.78, 5) is 12.6. The molecule has 0 aromatic heterocycles. The third kappa shape index (κ3) is 2.99. The fourth-order valence-electron chi connectivity index (χ4n) is 6.16. The highest BCUT2D eigenvalue weighted by Crippen LogP contribution is 2.62. The van der Waals surface area contributed by atoms with E-state index in [0.29, 0.717) is 19.0 Å². The van der Waals surface area contributed by atoms with Crippen LogP contribution in [0.15, 0.2) is 24.3 Å². The predicted octanol–water partition coefficient (Wildman–Crippen LogP) is 3.44. The molecule has 5 rings (SSSR count). The fraction of sp³-hybridized carbons (Fsp3) is 0.682. The first-order valence-corrected chi connectivity index (χ1v) is 10.3. The lowest BCUT2D eigenvalue weighted by atomic mass is 9.53. The number of benzene rings is 1. The van der Waals surface area contributed by atoms with Gasteiger partial charge in [-0.15, -0.1) is 0 Å². The highest BCUT2D eigenvalue weighted by molar-refractivity contribution is 5.75. The molecule has 4 aliphatic rings. The molecule has 2 saturated heterocycles. The molecule has 1 aromatic rings. The van der Waals surface area contributed by atoms with Gasteiger partial charge in [0.25, 0.3) is 0 Å². The largest absolute Gasteiger partial charge is 0.462 e. The standard InChI is InChI=1S/C22H28FNO3/c1-21-7-2-8-22(13-26-22)19(21)9-16-17(20(25)27-18(16)10-21)12-24-11-14-3-5-15(23)6-4-14/h3-6,16-19,24H,2,7-13H2,1H3/t16-,17?,18-,19?,21-,22?/m1/s1. The number of hydrogen-bond acceptors (Lipinski definition) is 4. The number of carbonyl (C=O) groups excluding carboxylic acids is 1. The molecule has 2 heterocycles. The lowest BCUT2D eigenvalue weighted by molar-refractivity contribution is -0.147. The van der Waals surface area contributed by atoms with Gasteiger partial charge in [-0.05, 0) is 61.1 Å². The van der Waals surface area contributed by atoms with Crippen molar-refractivity contribution in [2.24, 2.45) is 23.2 Å². The molecule has 4 fully saturated rings. The van der Waals surface area contributed by atoms with Gasteiger partial charge in [-0.3, -0.25) is 4.79 Å². The number of carbonyl (C=O) groups is 1. The van der Waals surface area contributed by atoms with Crippen molar-refractivity contribution >= 4 is 5.97 Å². The van der Waals surface area contributed by atoms with Crippen LogP contribution in [0.5, 0.6) is 0 Å². The normalized spacial score (nSPS) is 42.5. The third-order valence-electron chi connectivity index (χ3n) is 7.69. The number of ether oxygens (including phenoxy) is 2. The molecule has 1 aromatic carbocycles. The van der Waals surface area contributed by atoms with Crippen molar-refractivity contribution in [2.45, 2.75) is 57.3 Å². The van der Waals surface area contributed by atoms with E-state index in [4.69, 9.17) is 9.47 Å². The predicted molar refractivity (Wildman–Crippen MR) is 98.3 cm³/mol. The summed E-state index contributed by atoms with van der Waals surface area (Å²) in [6.45, 7) is 4.53. The van der Waals surface area contributed by atoms with Crippen LogP contribution < -0.4 is 5.32 Å². The number of halogens is 1. The zero-order valence-corrected chi connectivity index (χ0v) is 15.9. The smallest absolute Gasteiger partial charge is 0.310 e. The summed E-state index contributed by atoms with van der Waals surface area (Å²) >= 11 is 0. The lowest BCUT2D eigenvalue weighted by Crippen LogP contribution is -2.51. The minimum Gasteiger partial charge on any atom is -0.462 e. The van der Waals surface area contributed by atoms with Crippen molar-refractivity contribution in [1.82, 2.24) is 5.32 Å². The van der Waals surface area contributed by atoms with E-state index in [0.717, 1.165) is 25.0 Å². The molecule has 1 N–H and O–H groups in total. The zero-order chi connectivity index (χ0) is 18.6. The van der Waals surface area contributed by atoms with Crippen molar-refractivity contribution in [2.75, 3.05) is 13.2 Å². The van der Waals surface area contributed by atoms with Crippen LogP contribution in [0.4, 0.5) is 4.39 Å². The Kier molecular flexibility index (Phi) is 4.10. The Labute approximate surface area is 159 Å². The van der Waals surface area contributed by atoms with Gasteiger partial charge in [-0.1, -0.05) is 19.1 Å². The van der Waals surface area contributed by atoms with Gasteiger partial charge in [0, 0.05) is 19.0 Å². The summed E-state index contributed by atoms with van der Waals surface area (Å²) in [6.07, 6.45) is 5.69. The number of nitrogens with one attached hydrogen (secondary N) is 1. The van der Waals surface area contributed by atoms with Gasteiger partial charge in [0.1, 0.15) is 11.9 Å². The Bertz CT molecular complexity index is 732. The average Bonchev–Trinajstić information content (AvgIpc) is 3.33.